The highest BCUT2D eigenvalue weighted by atomic mass is 32.2. The Hall–Kier alpha value is -2.09. The largest absolute Gasteiger partial charge is 0.409 e. The summed E-state index contributed by atoms with van der Waals surface area (Å²) in [4.78, 5) is 13.4. The number of nitrogens with two attached hydrogens (primary N) is 1. The Balaban J connectivity index is 2.87. The summed E-state index contributed by atoms with van der Waals surface area (Å²) in [6.45, 7) is 0.103. The highest BCUT2D eigenvalue weighted by Gasteiger charge is 2.14. The van der Waals surface area contributed by atoms with Crippen LogP contribution in [0.4, 0.5) is 0 Å². The quantitative estimate of drug-likeness (QED) is 0.341. The molecule has 0 saturated heterocycles. The van der Waals surface area contributed by atoms with Gasteiger partial charge >= 0.3 is 0 Å². The van der Waals surface area contributed by atoms with E-state index in [-0.39, 0.29) is 24.0 Å². The van der Waals surface area contributed by atoms with Crippen LogP contribution in [0.1, 0.15) is 15.9 Å². The summed E-state index contributed by atoms with van der Waals surface area (Å²) >= 11 is 0. The third-order valence-electron chi connectivity index (χ3n) is 2.66. The molecule has 110 valence electrons. The molecule has 1 aromatic rings. The van der Waals surface area contributed by atoms with Crippen LogP contribution in [0.25, 0.3) is 0 Å². The molecule has 0 bridgehead atoms. The van der Waals surface area contributed by atoms with Crippen molar-refractivity contribution in [2.75, 3.05) is 25.6 Å². The number of amides is 1. The molecule has 0 aromatic heterocycles. The normalized spacial score (nSPS) is 12.2. The molecule has 0 atom stereocenters. The minimum absolute atomic E-state index is 0.0987. The third-order valence-corrected chi connectivity index (χ3v) is 3.58. The van der Waals surface area contributed by atoms with E-state index in [9.17, 15) is 13.2 Å². The number of sulfone groups is 1. The summed E-state index contributed by atoms with van der Waals surface area (Å²) in [5.74, 6) is -0.533. The molecule has 0 aliphatic carbocycles. The predicted molar refractivity (Wildman–Crippen MR) is 75.6 cm³/mol. The van der Waals surface area contributed by atoms with Gasteiger partial charge in [0.15, 0.2) is 5.84 Å². The smallest absolute Gasteiger partial charge is 0.253 e. The molecular weight excluding hydrogens is 282 g/mol. The van der Waals surface area contributed by atoms with Crippen LogP contribution in [0.3, 0.4) is 0 Å². The van der Waals surface area contributed by atoms with Gasteiger partial charge in [0.1, 0.15) is 9.84 Å². The first-order chi connectivity index (χ1) is 9.24. The predicted octanol–water partition coefficient (Wildman–Crippen LogP) is -0.102. The molecule has 0 fully saturated rings. The molecule has 1 aromatic carbocycles. The molecule has 3 N–H and O–H groups in total. The van der Waals surface area contributed by atoms with Crippen LogP contribution in [0, 0.1) is 0 Å². The van der Waals surface area contributed by atoms with Gasteiger partial charge in [-0.15, -0.1) is 0 Å². The van der Waals surface area contributed by atoms with Gasteiger partial charge in [-0.25, -0.2) is 8.42 Å². The molecule has 0 aliphatic rings. The maximum absolute atomic E-state index is 12.1. The molecule has 0 radical (unpaired) electrons. The van der Waals surface area contributed by atoms with E-state index in [1.807, 2.05) is 0 Å². The summed E-state index contributed by atoms with van der Waals surface area (Å²) in [5.41, 5.74) is 6.20. The Morgan fingerprint density at radius 3 is 2.55 bits per heavy atom. The molecule has 7 nitrogen and oxygen atoms in total. The molecule has 1 rings (SSSR count). The van der Waals surface area contributed by atoms with Gasteiger partial charge in [0.2, 0.25) is 0 Å². The standard InChI is InChI=1S/C12H17N3O4S/c1-15(6-7-20(2,18)19)12(16)10-5-3-4-9(8-10)11(13)14-17/h3-5,8,17H,6-7H2,1-2H3,(H2,13,14). The van der Waals surface area contributed by atoms with Gasteiger partial charge in [-0.3, -0.25) is 4.79 Å². The van der Waals surface area contributed by atoms with Gasteiger partial charge in [0.05, 0.1) is 5.75 Å². The third kappa shape index (κ3) is 4.54. The van der Waals surface area contributed by atoms with Gasteiger partial charge in [0.25, 0.3) is 5.91 Å². The Kier molecular flexibility index (Phi) is 5.09. The van der Waals surface area contributed by atoms with Crippen molar-refractivity contribution in [2.24, 2.45) is 10.9 Å². The van der Waals surface area contributed by atoms with Crippen LogP contribution in [0.2, 0.25) is 0 Å². The Labute approximate surface area is 117 Å². The maximum Gasteiger partial charge on any atom is 0.253 e. The lowest BCUT2D eigenvalue weighted by Crippen LogP contribution is -2.31. The minimum atomic E-state index is -3.13. The highest BCUT2D eigenvalue weighted by Crippen LogP contribution is 2.08. The number of carbonyl (C=O) groups is 1. The van der Waals surface area contributed by atoms with E-state index in [1.54, 1.807) is 18.2 Å². The SMILES string of the molecule is CN(CCS(C)(=O)=O)C(=O)c1cccc(C(N)=NO)c1. The molecule has 0 spiro atoms. The first-order valence-corrected chi connectivity index (χ1v) is 7.82. The number of rotatable bonds is 5. The van der Waals surface area contributed by atoms with Gasteiger partial charge in [0, 0.05) is 31.0 Å². The second kappa shape index (κ2) is 6.38. The lowest BCUT2D eigenvalue weighted by Gasteiger charge is -2.17. The number of amidine groups is 1. The van der Waals surface area contributed by atoms with Gasteiger partial charge < -0.3 is 15.8 Å². The van der Waals surface area contributed by atoms with Crippen molar-refractivity contribution >= 4 is 21.6 Å². The fraction of sp³-hybridized carbons (Fsp3) is 0.333. The van der Waals surface area contributed by atoms with Crippen molar-refractivity contribution in [3.05, 3.63) is 35.4 Å². The summed E-state index contributed by atoms with van der Waals surface area (Å²) in [6, 6.07) is 6.26. The number of nitrogens with zero attached hydrogens (tertiary/aromatic N) is 2. The van der Waals surface area contributed by atoms with Crippen LogP contribution in [-0.4, -0.2) is 55.9 Å². The van der Waals surface area contributed by atoms with Crippen molar-refractivity contribution in [2.45, 2.75) is 0 Å². The topological polar surface area (TPSA) is 113 Å². The Bertz CT molecular complexity index is 625. The summed E-state index contributed by atoms with van der Waals surface area (Å²) in [5, 5.41) is 11.5. The van der Waals surface area contributed by atoms with E-state index in [4.69, 9.17) is 10.9 Å². The molecule has 1 amide bonds. The molecule has 20 heavy (non-hydrogen) atoms. The fourth-order valence-electron chi connectivity index (χ4n) is 1.49. The Morgan fingerprint density at radius 2 is 2.00 bits per heavy atom. The Morgan fingerprint density at radius 1 is 1.40 bits per heavy atom. The maximum atomic E-state index is 12.1. The van der Waals surface area contributed by atoms with Crippen molar-refractivity contribution in [3.63, 3.8) is 0 Å². The van der Waals surface area contributed by atoms with E-state index in [2.05, 4.69) is 5.16 Å². The molecule has 0 heterocycles. The molecule has 0 unspecified atom stereocenters. The van der Waals surface area contributed by atoms with E-state index in [0.29, 0.717) is 11.1 Å². The van der Waals surface area contributed by atoms with Gasteiger partial charge in [-0.1, -0.05) is 17.3 Å². The number of oxime groups is 1. The monoisotopic (exact) mass is 299 g/mol. The zero-order chi connectivity index (χ0) is 15.3. The zero-order valence-corrected chi connectivity index (χ0v) is 12.1. The molecule has 0 saturated carbocycles. The molecule has 0 aliphatic heterocycles. The van der Waals surface area contributed by atoms with Crippen LogP contribution in [0.5, 0.6) is 0 Å². The van der Waals surface area contributed by atoms with Crippen LogP contribution < -0.4 is 5.73 Å². The van der Waals surface area contributed by atoms with Crippen molar-refractivity contribution in [1.29, 1.82) is 0 Å². The lowest BCUT2D eigenvalue weighted by molar-refractivity contribution is 0.0803. The van der Waals surface area contributed by atoms with Crippen LogP contribution in [-0.2, 0) is 9.84 Å². The van der Waals surface area contributed by atoms with E-state index >= 15 is 0 Å². The number of hydrogen-bond donors (Lipinski definition) is 2. The number of benzene rings is 1. The van der Waals surface area contributed by atoms with E-state index in [0.717, 1.165) is 6.26 Å². The number of hydrogen-bond acceptors (Lipinski definition) is 5. The van der Waals surface area contributed by atoms with Gasteiger partial charge in [-0.2, -0.15) is 0 Å². The molecular formula is C12H17N3O4S. The van der Waals surface area contributed by atoms with E-state index in [1.165, 1.54) is 18.0 Å². The van der Waals surface area contributed by atoms with Gasteiger partial charge in [-0.05, 0) is 12.1 Å². The molecule has 8 heteroatoms. The van der Waals surface area contributed by atoms with Crippen LogP contribution in [0.15, 0.2) is 29.4 Å². The van der Waals surface area contributed by atoms with E-state index < -0.39 is 9.84 Å². The first-order valence-electron chi connectivity index (χ1n) is 5.76. The summed E-state index contributed by atoms with van der Waals surface area (Å²) in [6.07, 6.45) is 1.12. The van der Waals surface area contributed by atoms with Crippen molar-refractivity contribution in [3.8, 4) is 0 Å². The average molecular weight is 299 g/mol. The lowest BCUT2D eigenvalue weighted by atomic mass is 10.1. The fourth-order valence-corrected chi connectivity index (χ4v) is 2.10. The van der Waals surface area contributed by atoms with Crippen molar-refractivity contribution in [1.82, 2.24) is 4.90 Å². The summed E-state index contributed by atoms with van der Waals surface area (Å²) < 4.78 is 22.2. The zero-order valence-electron chi connectivity index (χ0n) is 11.3. The van der Waals surface area contributed by atoms with Crippen molar-refractivity contribution < 1.29 is 18.4 Å². The summed E-state index contributed by atoms with van der Waals surface area (Å²) in [7, 11) is -1.61. The average Bonchev–Trinajstić information content (AvgIpc) is 2.42. The highest BCUT2D eigenvalue weighted by molar-refractivity contribution is 7.90. The second-order valence-electron chi connectivity index (χ2n) is 4.42. The number of carbonyl (C=O) groups excluding carboxylic acids is 1. The second-order valence-corrected chi connectivity index (χ2v) is 6.68. The minimum Gasteiger partial charge on any atom is -0.409 e. The van der Waals surface area contributed by atoms with Crippen LogP contribution >= 0.6 is 0 Å². The first kappa shape index (κ1) is 16.0.